The highest BCUT2D eigenvalue weighted by molar-refractivity contribution is 7.98. The number of methoxy groups -OCH3 is 1. The van der Waals surface area contributed by atoms with Gasteiger partial charge in [0.05, 0.1) is 7.11 Å². The zero-order valence-electron chi connectivity index (χ0n) is 13.2. The third-order valence-corrected chi connectivity index (χ3v) is 4.69. The first-order chi connectivity index (χ1) is 12.2. The first-order valence-corrected chi connectivity index (χ1v) is 9.05. The summed E-state index contributed by atoms with van der Waals surface area (Å²) in [6.07, 6.45) is 0. The van der Waals surface area contributed by atoms with Gasteiger partial charge < -0.3 is 13.9 Å². The number of rotatable bonds is 7. The van der Waals surface area contributed by atoms with Gasteiger partial charge in [0.1, 0.15) is 0 Å². The van der Waals surface area contributed by atoms with Crippen LogP contribution in [0.1, 0.15) is 11.5 Å². The number of hydrogen-bond donors (Lipinski definition) is 0. The van der Waals surface area contributed by atoms with Crippen molar-refractivity contribution in [2.75, 3.05) is 7.11 Å². The second-order valence-corrected chi connectivity index (χ2v) is 6.70. The van der Waals surface area contributed by atoms with Crippen molar-refractivity contribution in [2.45, 2.75) is 17.6 Å². The van der Waals surface area contributed by atoms with Gasteiger partial charge in [0.25, 0.3) is 11.1 Å². The Morgan fingerprint density at radius 2 is 1.88 bits per heavy atom. The van der Waals surface area contributed by atoms with Crippen LogP contribution in [0.5, 0.6) is 11.5 Å². The minimum atomic E-state index is 0.162. The lowest BCUT2D eigenvalue weighted by Gasteiger charge is -2.07. The van der Waals surface area contributed by atoms with Gasteiger partial charge >= 0.3 is 0 Å². The first kappa shape index (κ1) is 17.9. The number of hydrogen-bond acceptors (Lipinski definition) is 6. The molecule has 0 aliphatic carbocycles. The predicted octanol–water partition coefficient (Wildman–Crippen LogP) is 5.26. The van der Waals surface area contributed by atoms with Crippen molar-refractivity contribution in [3.63, 3.8) is 0 Å². The Bertz CT molecular complexity index is 857. The van der Waals surface area contributed by atoms with Gasteiger partial charge in [0.15, 0.2) is 18.1 Å². The van der Waals surface area contributed by atoms with E-state index in [0.29, 0.717) is 38.4 Å². The molecule has 0 N–H and O–H groups in total. The van der Waals surface area contributed by atoms with E-state index < -0.39 is 0 Å². The smallest absolute Gasteiger partial charge is 0.277 e. The van der Waals surface area contributed by atoms with E-state index in [2.05, 4.69) is 10.2 Å². The Balaban J connectivity index is 1.57. The molecule has 0 saturated carbocycles. The molecule has 130 valence electrons. The van der Waals surface area contributed by atoms with Crippen LogP contribution in [-0.2, 0) is 12.4 Å². The summed E-state index contributed by atoms with van der Waals surface area (Å²) in [6.45, 7) is 0.162. The zero-order chi connectivity index (χ0) is 17.6. The standard InChI is InChI=1S/C17H14Cl2N2O3S/c1-22-14-4-2-3-5-15(14)23-9-16-20-21-17(24-16)25-10-11-6-7-12(18)8-13(11)19/h2-8H,9-10H2,1H3. The summed E-state index contributed by atoms with van der Waals surface area (Å²) in [7, 11) is 1.59. The number of nitrogens with zero attached hydrogens (tertiary/aromatic N) is 2. The molecule has 0 aliphatic rings. The van der Waals surface area contributed by atoms with Crippen LogP contribution in [0.3, 0.4) is 0 Å². The number of para-hydroxylation sites is 2. The number of thioether (sulfide) groups is 1. The highest BCUT2D eigenvalue weighted by Crippen LogP contribution is 2.29. The second kappa shape index (κ2) is 8.47. The fourth-order valence-electron chi connectivity index (χ4n) is 2.01. The average Bonchev–Trinajstić information content (AvgIpc) is 3.07. The molecule has 0 fully saturated rings. The van der Waals surface area contributed by atoms with E-state index in [1.165, 1.54) is 11.8 Å². The van der Waals surface area contributed by atoms with Crippen molar-refractivity contribution >= 4 is 35.0 Å². The lowest BCUT2D eigenvalue weighted by Crippen LogP contribution is -1.97. The van der Waals surface area contributed by atoms with Crippen LogP contribution in [0.4, 0.5) is 0 Å². The molecular weight excluding hydrogens is 383 g/mol. The maximum absolute atomic E-state index is 6.15. The molecular formula is C17H14Cl2N2O3S. The van der Waals surface area contributed by atoms with Gasteiger partial charge in [-0.25, -0.2) is 0 Å². The Morgan fingerprint density at radius 1 is 1.08 bits per heavy atom. The fraction of sp³-hybridized carbons (Fsp3) is 0.176. The van der Waals surface area contributed by atoms with Crippen LogP contribution < -0.4 is 9.47 Å². The Labute approximate surface area is 159 Å². The van der Waals surface area contributed by atoms with E-state index >= 15 is 0 Å². The molecule has 25 heavy (non-hydrogen) atoms. The largest absolute Gasteiger partial charge is 0.493 e. The van der Waals surface area contributed by atoms with Gasteiger partial charge in [-0.2, -0.15) is 0 Å². The molecule has 5 nitrogen and oxygen atoms in total. The quantitative estimate of drug-likeness (QED) is 0.507. The van der Waals surface area contributed by atoms with Gasteiger partial charge in [0.2, 0.25) is 0 Å². The highest BCUT2D eigenvalue weighted by atomic mass is 35.5. The molecule has 0 spiro atoms. The SMILES string of the molecule is COc1ccccc1OCc1nnc(SCc2ccc(Cl)cc2Cl)o1. The molecule has 8 heteroatoms. The van der Waals surface area contributed by atoms with Crippen LogP contribution in [-0.4, -0.2) is 17.3 Å². The minimum absolute atomic E-state index is 0.162. The molecule has 3 aromatic rings. The van der Waals surface area contributed by atoms with E-state index in [-0.39, 0.29) is 6.61 Å². The summed E-state index contributed by atoms with van der Waals surface area (Å²) in [4.78, 5) is 0. The zero-order valence-corrected chi connectivity index (χ0v) is 15.6. The molecule has 0 radical (unpaired) electrons. The average molecular weight is 397 g/mol. The summed E-state index contributed by atoms with van der Waals surface area (Å²) in [5.74, 6) is 2.25. The number of halogens is 2. The Kier molecular flexibility index (Phi) is 6.07. The van der Waals surface area contributed by atoms with Crippen molar-refractivity contribution in [1.29, 1.82) is 0 Å². The van der Waals surface area contributed by atoms with Crippen molar-refractivity contribution in [1.82, 2.24) is 10.2 Å². The summed E-state index contributed by atoms with van der Waals surface area (Å²) >= 11 is 13.4. The van der Waals surface area contributed by atoms with Gasteiger partial charge in [0, 0.05) is 15.8 Å². The molecule has 1 heterocycles. The van der Waals surface area contributed by atoms with Crippen molar-refractivity contribution in [3.8, 4) is 11.5 Å². The van der Waals surface area contributed by atoms with Crippen molar-refractivity contribution in [3.05, 3.63) is 64.0 Å². The first-order valence-electron chi connectivity index (χ1n) is 7.30. The van der Waals surface area contributed by atoms with E-state index in [1.54, 1.807) is 19.2 Å². The summed E-state index contributed by atoms with van der Waals surface area (Å²) in [6, 6.07) is 12.7. The second-order valence-electron chi connectivity index (χ2n) is 4.93. The van der Waals surface area contributed by atoms with Crippen LogP contribution >= 0.6 is 35.0 Å². The van der Waals surface area contributed by atoms with Crippen molar-refractivity contribution < 1.29 is 13.9 Å². The topological polar surface area (TPSA) is 57.4 Å². The molecule has 2 aromatic carbocycles. The molecule has 0 bridgehead atoms. The number of aromatic nitrogens is 2. The number of benzene rings is 2. The molecule has 0 unspecified atom stereocenters. The molecule has 0 saturated heterocycles. The third kappa shape index (κ3) is 4.81. The van der Waals surface area contributed by atoms with Crippen LogP contribution in [0.2, 0.25) is 10.0 Å². The van der Waals surface area contributed by atoms with E-state index in [4.69, 9.17) is 37.1 Å². The lowest BCUT2D eigenvalue weighted by molar-refractivity contribution is 0.241. The van der Waals surface area contributed by atoms with E-state index in [0.717, 1.165) is 5.56 Å². The third-order valence-electron chi connectivity index (χ3n) is 3.23. The number of ether oxygens (including phenoxy) is 2. The van der Waals surface area contributed by atoms with Gasteiger partial charge in [-0.05, 0) is 29.8 Å². The van der Waals surface area contributed by atoms with Gasteiger partial charge in [-0.3, -0.25) is 0 Å². The van der Waals surface area contributed by atoms with Gasteiger partial charge in [-0.1, -0.05) is 53.2 Å². The van der Waals surface area contributed by atoms with Crippen molar-refractivity contribution in [2.24, 2.45) is 0 Å². The van der Waals surface area contributed by atoms with Gasteiger partial charge in [-0.15, -0.1) is 10.2 Å². The van der Waals surface area contributed by atoms with Crippen LogP contribution in [0.15, 0.2) is 52.1 Å². The maximum Gasteiger partial charge on any atom is 0.277 e. The maximum atomic E-state index is 6.15. The van der Waals surface area contributed by atoms with E-state index in [1.807, 2.05) is 30.3 Å². The molecule has 1 aromatic heterocycles. The molecule has 3 rings (SSSR count). The Morgan fingerprint density at radius 3 is 2.64 bits per heavy atom. The normalized spacial score (nSPS) is 10.7. The molecule has 0 atom stereocenters. The Hall–Kier alpha value is -1.89. The lowest BCUT2D eigenvalue weighted by atomic mass is 10.2. The predicted molar refractivity (Wildman–Crippen MR) is 97.6 cm³/mol. The minimum Gasteiger partial charge on any atom is -0.493 e. The summed E-state index contributed by atoms with van der Waals surface area (Å²) < 4.78 is 16.5. The molecule has 0 amide bonds. The fourth-order valence-corrected chi connectivity index (χ4v) is 3.35. The molecule has 0 aliphatic heterocycles. The van der Waals surface area contributed by atoms with Crippen LogP contribution in [0.25, 0.3) is 0 Å². The monoisotopic (exact) mass is 396 g/mol. The van der Waals surface area contributed by atoms with Crippen LogP contribution in [0, 0.1) is 0 Å². The highest BCUT2D eigenvalue weighted by Gasteiger charge is 2.11. The summed E-state index contributed by atoms with van der Waals surface area (Å²) in [5.41, 5.74) is 0.945. The summed E-state index contributed by atoms with van der Waals surface area (Å²) in [5, 5.41) is 9.64. The van der Waals surface area contributed by atoms with E-state index in [9.17, 15) is 0 Å².